The highest BCUT2D eigenvalue weighted by molar-refractivity contribution is 7.46. The molecule has 1 heterocycles. The van der Waals surface area contributed by atoms with Crippen LogP contribution >= 0.6 is 7.82 Å². The van der Waals surface area contributed by atoms with Crippen molar-refractivity contribution in [3.63, 3.8) is 0 Å². The Morgan fingerprint density at radius 2 is 2.00 bits per heavy atom. The summed E-state index contributed by atoms with van der Waals surface area (Å²) in [5.41, 5.74) is 1.46. The van der Waals surface area contributed by atoms with Crippen LogP contribution in [0.15, 0.2) is 29.3 Å². The van der Waals surface area contributed by atoms with Gasteiger partial charge in [0.1, 0.15) is 6.10 Å². The van der Waals surface area contributed by atoms with Gasteiger partial charge in [-0.15, -0.1) is 0 Å². The van der Waals surface area contributed by atoms with Crippen molar-refractivity contribution < 1.29 is 29.1 Å². The summed E-state index contributed by atoms with van der Waals surface area (Å²) in [6.07, 6.45) is -1.18. The number of nitrogens with zero attached hydrogens (tertiary/aromatic N) is 1. The van der Waals surface area contributed by atoms with Crippen LogP contribution < -0.4 is 0 Å². The molecule has 0 fully saturated rings. The number of fused-ring (bicyclic) bond motifs is 1. The molecule has 0 aliphatic carbocycles. The molecule has 1 aliphatic heterocycles. The molecule has 1 aromatic carbocycles. The van der Waals surface area contributed by atoms with Crippen LogP contribution in [0.4, 0.5) is 5.69 Å². The van der Waals surface area contributed by atoms with E-state index in [2.05, 4.69) is 9.52 Å². The summed E-state index contributed by atoms with van der Waals surface area (Å²) >= 11 is 0. The normalized spacial score (nSPS) is 21.2. The second-order valence-corrected chi connectivity index (χ2v) is 5.45. The van der Waals surface area contributed by atoms with Gasteiger partial charge in [-0.1, -0.05) is 18.2 Å². The highest BCUT2D eigenvalue weighted by atomic mass is 31.2. The maximum absolute atomic E-state index is 10.5. The van der Waals surface area contributed by atoms with Crippen LogP contribution in [-0.4, -0.2) is 45.0 Å². The molecule has 8 heteroatoms. The third-order valence-electron chi connectivity index (χ3n) is 2.85. The summed E-state index contributed by atoms with van der Waals surface area (Å²) in [5.74, 6) is -0.522. The zero-order valence-electron chi connectivity index (χ0n) is 9.83. The van der Waals surface area contributed by atoms with E-state index >= 15 is 0 Å². The predicted octanol–water partition coefficient (Wildman–Crippen LogP) is 0.317. The molecule has 3 atom stereocenters. The molecule has 0 unspecified atom stereocenters. The molecule has 2 rings (SSSR count). The Labute approximate surface area is 109 Å². The molecule has 104 valence electrons. The van der Waals surface area contributed by atoms with E-state index in [9.17, 15) is 14.8 Å². The van der Waals surface area contributed by atoms with Crippen LogP contribution in [-0.2, 0) is 9.09 Å². The molecule has 1 aliphatic rings. The van der Waals surface area contributed by atoms with Gasteiger partial charge >= 0.3 is 7.82 Å². The lowest BCUT2D eigenvalue weighted by Crippen LogP contribution is -2.35. The molecule has 19 heavy (non-hydrogen) atoms. The largest absolute Gasteiger partial charge is 0.469 e. The van der Waals surface area contributed by atoms with Gasteiger partial charge in [0.2, 0.25) is 0 Å². The second kappa shape index (κ2) is 5.50. The molecular weight excluding hydrogens is 273 g/mol. The molecule has 0 spiro atoms. The van der Waals surface area contributed by atoms with Crippen LogP contribution in [0.3, 0.4) is 0 Å². The number of aliphatic hydroxyl groups is 2. The minimum atomic E-state index is -4.66. The first kappa shape index (κ1) is 14.3. The fourth-order valence-corrected chi connectivity index (χ4v) is 2.26. The zero-order valence-corrected chi connectivity index (χ0v) is 10.7. The van der Waals surface area contributed by atoms with Crippen LogP contribution in [0.5, 0.6) is 0 Å². The Hall–Kier alpha value is -1.08. The molecule has 7 nitrogen and oxygen atoms in total. The van der Waals surface area contributed by atoms with Gasteiger partial charge in [0.25, 0.3) is 0 Å². The number of benzene rings is 1. The van der Waals surface area contributed by atoms with E-state index in [1.807, 2.05) is 0 Å². The van der Waals surface area contributed by atoms with Crippen molar-refractivity contribution in [2.24, 2.45) is 4.99 Å². The van der Waals surface area contributed by atoms with Crippen molar-refractivity contribution >= 4 is 19.7 Å². The molecule has 0 radical (unpaired) electrons. The van der Waals surface area contributed by atoms with Crippen molar-refractivity contribution in [1.82, 2.24) is 0 Å². The highest BCUT2D eigenvalue weighted by Crippen LogP contribution is 2.38. The van der Waals surface area contributed by atoms with Gasteiger partial charge in [-0.2, -0.15) is 0 Å². The highest BCUT2D eigenvalue weighted by Gasteiger charge is 2.32. The summed E-state index contributed by atoms with van der Waals surface area (Å²) < 4.78 is 14.7. The van der Waals surface area contributed by atoms with Crippen molar-refractivity contribution in [3.05, 3.63) is 29.8 Å². The number of phosphoric acid groups is 1. The number of hydrogen-bond acceptors (Lipinski definition) is 5. The standard InChI is InChI=1S/C11H14NO6P/c13-10(6-18-19(15,16)17)11(14)8-5-12-9-4-2-1-3-7(8)9/h1-5,8,10-11,13-14H,6H2,(H2,15,16,17)/t8-,10-,11+/m1/s1. The van der Waals surface area contributed by atoms with E-state index in [0.717, 1.165) is 5.56 Å². The lowest BCUT2D eigenvalue weighted by molar-refractivity contribution is -0.0164. The quantitative estimate of drug-likeness (QED) is 0.579. The Balaban J connectivity index is 2.03. The van der Waals surface area contributed by atoms with Crippen LogP contribution in [0.1, 0.15) is 11.5 Å². The Kier molecular flexibility index (Phi) is 4.15. The van der Waals surface area contributed by atoms with Gasteiger partial charge in [-0.05, 0) is 11.6 Å². The van der Waals surface area contributed by atoms with Crippen molar-refractivity contribution in [3.8, 4) is 0 Å². The first-order chi connectivity index (χ1) is 8.88. The summed E-state index contributed by atoms with van der Waals surface area (Å²) in [7, 11) is -4.66. The third-order valence-corrected chi connectivity index (χ3v) is 3.33. The number of aliphatic imine (C=N–C) groups is 1. The Bertz CT molecular complexity index is 528. The second-order valence-electron chi connectivity index (χ2n) is 4.21. The van der Waals surface area contributed by atoms with E-state index in [1.165, 1.54) is 6.21 Å². The minimum absolute atomic E-state index is 0.522. The van der Waals surface area contributed by atoms with Gasteiger partial charge in [0.05, 0.1) is 24.3 Å². The summed E-state index contributed by atoms with van der Waals surface area (Å²) in [6.45, 7) is -0.655. The van der Waals surface area contributed by atoms with Crippen LogP contribution in [0, 0.1) is 0 Å². The number of rotatable bonds is 5. The SMILES string of the molecule is O=P(O)(O)OC[C@@H](O)[C@@H](O)[C@@H]1C=Nc2ccccc21. The molecular formula is C11H14NO6P. The predicted molar refractivity (Wildman–Crippen MR) is 67.3 cm³/mol. The lowest BCUT2D eigenvalue weighted by Gasteiger charge is -2.22. The molecule has 0 aromatic heterocycles. The molecule has 1 aromatic rings. The van der Waals surface area contributed by atoms with Gasteiger partial charge in [-0.3, -0.25) is 9.52 Å². The smallest absolute Gasteiger partial charge is 0.389 e. The molecule has 0 amide bonds. The van der Waals surface area contributed by atoms with E-state index in [4.69, 9.17) is 9.79 Å². The van der Waals surface area contributed by atoms with E-state index < -0.39 is 32.6 Å². The first-order valence-electron chi connectivity index (χ1n) is 5.58. The van der Waals surface area contributed by atoms with Crippen LogP contribution in [0.2, 0.25) is 0 Å². The third kappa shape index (κ3) is 3.48. The topological polar surface area (TPSA) is 120 Å². The molecule has 4 N–H and O–H groups in total. The fraction of sp³-hybridized carbons (Fsp3) is 0.364. The van der Waals surface area contributed by atoms with Crippen molar-refractivity contribution in [2.75, 3.05) is 6.61 Å². The number of aliphatic hydroxyl groups excluding tert-OH is 2. The zero-order chi connectivity index (χ0) is 14.0. The van der Waals surface area contributed by atoms with Gasteiger partial charge in [-0.25, -0.2) is 4.57 Å². The number of para-hydroxylation sites is 1. The van der Waals surface area contributed by atoms with Crippen molar-refractivity contribution in [2.45, 2.75) is 18.1 Å². The summed E-state index contributed by atoms with van der Waals surface area (Å²) in [4.78, 5) is 21.2. The lowest BCUT2D eigenvalue weighted by atomic mass is 9.92. The monoisotopic (exact) mass is 287 g/mol. The Morgan fingerprint density at radius 3 is 2.68 bits per heavy atom. The maximum Gasteiger partial charge on any atom is 0.469 e. The average molecular weight is 287 g/mol. The molecule has 0 saturated carbocycles. The number of phosphoric ester groups is 1. The first-order valence-corrected chi connectivity index (χ1v) is 7.11. The van der Waals surface area contributed by atoms with Gasteiger partial charge in [0.15, 0.2) is 0 Å². The maximum atomic E-state index is 10.5. The summed E-state index contributed by atoms with van der Waals surface area (Å²) in [6, 6.07) is 7.13. The van der Waals surface area contributed by atoms with E-state index in [0.29, 0.717) is 5.69 Å². The molecule has 0 saturated heterocycles. The van der Waals surface area contributed by atoms with E-state index in [-0.39, 0.29) is 0 Å². The minimum Gasteiger partial charge on any atom is -0.389 e. The number of hydrogen-bond donors (Lipinski definition) is 4. The van der Waals surface area contributed by atoms with Gasteiger partial charge in [0, 0.05) is 6.21 Å². The van der Waals surface area contributed by atoms with E-state index in [1.54, 1.807) is 24.3 Å². The van der Waals surface area contributed by atoms with Crippen molar-refractivity contribution in [1.29, 1.82) is 0 Å². The Morgan fingerprint density at radius 1 is 1.32 bits per heavy atom. The van der Waals surface area contributed by atoms with Crippen LogP contribution in [0.25, 0.3) is 0 Å². The average Bonchev–Trinajstić information content (AvgIpc) is 2.78. The molecule has 0 bridgehead atoms. The van der Waals surface area contributed by atoms with Gasteiger partial charge < -0.3 is 20.0 Å². The fourth-order valence-electron chi connectivity index (χ4n) is 1.91. The summed E-state index contributed by atoms with van der Waals surface area (Å²) in [5, 5.41) is 19.7.